The normalized spacial score (nSPS) is 19.4. The van der Waals surface area contributed by atoms with E-state index in [1.165, 1.54) is 11.3 Å². The van der Waals surface area contributed by atoms with Gasteiger partial charge in [0.2, 0.25) is 0 Å². The van der Waals surface area contributed by atoms with Gasteiger partial charge in [-0.2, -0.15) is 0 Å². The lowest BCUT2D eigenvalue weighted by Crippen LogP contribution is -2.58. The van der Waals surface area contributed by atoms with Crippen molar-refractivity contribution in [1.29, 1.82) is 0 Å². The van der Waals surface area contributed by atoms with Crippen molar-refractivity contribution in [3.8, 4) is 0 Å². The number of hydrogen-bond acceptors (Lipinski definition) is 4. The van der Waals surface area contributed by atoms with Gasteiger partial charge in [-0.15, -0.1) is 11.3 Å². The second-order valence-electron chi connectivity index (χ2n) is 4.13. The number of morpholine rings is 1. The fourth-order valence-corrected chi connectivity index (χ4v) is 2.36. The van der Waals surface area contributed by atoms with Gasteiger partial charge in [0, 0.05) is 0 Å². The predicted octanol–water partition coefficient (Wildman–Crippen LogP) is 1.53. The number of thiophene rings is 1. The van der Waals surface area contributed by atoms with Crippen molar-refractivity contribution in [2.24, 2.45) is 0 Å². The van der Waals surface area contributed by atoms with E-state index in [0.29, 0.717) is 11.4 Å². The Kier molecular flexibility index (Phi) is 2.71. The minimum Gasteiger partial charge on any atom is -0.462 e. The van der Waals surface area contributed by atoms with Gasteiger partial charge in [0.05, 0.1) is 11.4 Å². The van der Waals surface area contributed by atoms with Crippen molar-refractivity contribution >= 4 is 23.2 Å². The maximum absolute atomic E-state index is 12.2. The van der Waals surface area contributed by atoms with E-state index >= 15 is 0 Å². The number of cyclic esters (lactones) is 1. The van der Waals surface area contributed by atoms with Gasteiger partial charge in [0.25, 0.3) is 5.91 Å². The zero-order valence-electron chi connectivity index (χ0n) is 9.23. The van der Waals surface area contributed by atoms with Crippen LogP contribution in [0.25, 0.3) is 0 Å². The maximum atomic E-state index is 12.2. The summed E-state index contributed by atoms with van der Waals surface area (Å²) in [6.07, 6.45) is 0. The average molecular weight is 239 g/mol. The van der Waals surface area contributed by atoms with Gasteiger partial charge >= 0.3 is 5.97 Å². The molecule has 0 aromatic carbocycles. The monoisotopic (exact) mass is 239 g/mol. The Morgan fingerprint density at radius 3 is 2.94 bits per heavy atom. The van der Waals surface area contributed by atoms with E-state index in [1.807, 2.05) is 11.4 Å². The third kappa shape index (κ3) is 1.71. The van der Waals surface area contributed by atoms with Crippen LogP contribution >= 0.6 is 11.3 Å². The molecular formula is C11H13NO3S. The molecule has 86 valence electrons. The van der Waals surface area contributed by atoms with Crippen LogP contribution in [0.4, 0.5) is 0 Å². The van der Waals surface area contributed by atoms with Crippen LogP contribution in [0.2, 0.25) is 0 Å². The van der Waals surface area contributed by atoms with E-state index in [-0.39, 0.29) is 18.5 Å². The third-order valence-electron chi connectivity index (χ3n) is 2.70. The first-order chi connectivity index (χ1) is 7.53. The lowest BCUT2D eigenvalue weighted by atomic mass is 10.0. The maximum Gasteiger partial charge on any atom is 0.331 e. The molecule has 0 N–H and O–H groups in total. The molecule has 0 bridgehead atoms. The number of rotatable bonds is 1. The highest BCUT2D eigenvalue weighted by molar-refractivity contribution is 7.12. The van der Waals surface area contributed by atoms with Crippen molar-refractivity contribution in [1.82, 2.24) is 4.90 Å². The summed E-state index contributed by atoms with van der Waals surface area (Å²) in [5, 5.41) is 1.85. The summed E-state index contributed by atoms with van der Waals surface area (Å²) >= 11 is 1.38. The predicted molar refractivity (Wildman–Crippen MR) is 60.4 cm³/mol. The van der Waals surface area contributed by atoms with Crippen LogP contribution in [-0.2, 0) is 9.53 Å². The summed E-state index contributed by atoms with van der Waals surface area (Å²) in [6.45, 7) is 4.15. The Bertz CT molecular complexity index is 411. The molecule has 0 spiro atoms. The standard InChI is InChI=1S/C11H13NO3S/c1-11(2)10(14)15-6-5-12(11)9(13)8-4-3-7-16-8/h3-4,7H,5-6H2,1-2H3. The Labute approximate surface area is 97.8 Å². The average Bonchev–Trinajstić information content (AvgIpc) is 2.74. The summed E-state index contributed by atoms with van der Waals surface area (Å²) in [4.78, 5) is 26.0. The Hall–Kier alpha value is -1.36. The Balaban J connectivity index is 2.26. The molecule has 0 atom stereocenters. The fourth-order valence-electron chi connectivity index (χ4n) is 1.68. The smallest absolute Gasteiger partial charge is 0.331 e. The number of carbonyl (C=O) groups excluding carboxylic acids is 2. The van der Waals surface area contributed by atoms with Gasteiger partial charge in [-0.1, -0.05) is 6.07 Å². The van der Waals surface area contributed by atoms with Crippen LogP contribution in [0.15, 0.2) is 17.5 Å². The molecule has 1 fully saturated rings. The van der Waals surface area contributed by atoms with E-state index in [2.05, 4.69) is 0 Å². The number of esters is 1. The van der Waals surface area contributed by atoms with Crippen LogP contribution in [0, 0.1) is 0 Å². The van der Waals surface area contributed by atoms with Crippen LogP contribution in [0.5, 0.6) is 0 Å². The summed E-state index contributed by atoms with van der Waals surface area (Å²) in [5.74, 6) is -0.444. The number of carbonyl (C=O) groups is 2. The first-order valence-electron chi connectivity index (χ1n) is 5.06. The Morgan fingerprint density at radius 1 is 1.56 bits per heavy atom. The molecule has 0 unspecified atom stereocenters. The molecule has 1 aliphatic heterocycles. The number of nitrogens with zero attached hydrogens (tertiary/aromatic N) is 1. The molecule has 0 saturated carbocycles. The van der Waals surface area contributed by atoms with Crippen molar-refractivity contribution in [3.05, 3.63) is 22.4 Å². The molecule has 4 nitrogen and oxygen atoms in total. The molecule has 1 aromatic heterocycles. The number of hydrogen-bond donors (Lipinski definition) is 0. The van der Waals surface area contributed by atoms with Crippen LogP contribution in [-0.4, -0.2) is 35.5 Å². The van der Waals surface area contributed by atoms with E-state index in [0.717, 1.165) is 0 Å². The lowest BCUT2D eigenvalue weighted by molar-refractivity contribution is -0.162. The highest BCUT2D eigenvalue weighted by atomic mass is 32.1. The molecular weight excluding hydrogens is 226 g/mol. The summed E-state index contributed by atoms with van der Waals surface area (Å²) < 4.78 is 4.96. The highest BCUT2D eigenvalue weighted by Gasteiger charge is 2.42. The molecule has 2 rings (SSSR count). The zero-order chi connectivity index (χ0) is 11.8. The quantitative estimate of drug-likeness (QED) is 0.698. The largest absolute Gasteiger partial charge is 0.462 e. The van der Waals surface area contributed by atoms with Crippen molar-refractivity contribution in [3.63, 3.8) is 0 Å². The second-order valence-corrected chi connectivity index (χ2v) is 5.08. The minimum atomic E-state index is -0.876. The van der Waals surface area contributed by atoms with Gasteiger partial charge < -0.3 is 9.64 Å². The van der Waals surface area contributed by atoms with Crippen molar-refractivity contribution < 1.29 is 14.3 Å². The van der Waals surface area contributed by atoms with Crippen LogP contribution in [0.3, 0.4) is 0 Å². The second kappa shape index (κ2) is 3.90. The van der Waals surface area contributed by atoms with E-state index in [1.54, 1.807) is 24.8 Å². The topological polar surface area (TPSA) is 46.6 Å². The summed E-state index contributed by atoms with van der Waals surface area (Å²) in [6, 6.07) is 3.59. The highest BCUT2D eigenvalue weighted by Crippen LogP contribution is 2.24. The van der Waals surface area contributed by atoms with E-state index in [4.69, 9.17) is 4.74 Å². The molecule has 1 saturated heterocycles. The minimum absolute atomic E-state index is 0.100. The van der Waals surface area contributed by atoms with Crippen molar-refractivity contribution in [2.45, 2.75) is 19.4 Å². The first-order valence-corrected chi connectivity index (χ1v) is 5.94. The van der Waals surface area contributed by atoms with Crippen LogP contribution in [0.1, 0.15) is 23.5 Å². The van der Waals surface area contributed by atoms with Gasteiger partial charge in [-0.3, -0.25) is 4.79 Å². The van der Waals surface area contributed by atoms with Gasteiger partial charge in [0.1, 0.15) is 12.1 Å². The molecule has 2 heterocycles. The number of amides is 1. The first kappa shape index (κ1) is 11.1. The van der Waals surface area contributed by atoms with E-state index in [9.17, 15) is 9.59 Å². The van der Waals surface area contributed by atoms with Gasteiger partial charge in [-0.05, 0) is 25.3 Å². The molecule has 16 heavy (non-hydrogen) atoms. The molecule has 0 aliphatic carbocycles. The summed E-state index contributed by atoms with van der Waals surface area (Å²) in [5.41, 5.74) is -0.876. The fraction of sp³-hybridized carbons (Fsp3) is 0.455. The number of ether oxygens (including phenoxy) is 1. The van der Waals surface area contributed by atoms with E-state index < -0.39 is 5.54 Å². The Morgan fingerprint density at radius 2 is 2.31 bits per heavy atom. The molecule has 1 aromatic rings. The molecule has 1 amide bonds. The van der Waals surface area contributed by atoms with Crippen molar-refractivity contribution in [2.75, 3.05) is 13.2 Å². The summed E-state index contributed by atoms with van der Waals surface area (Å²) in [7, 11) is 0. The SMILES string of the molecule is CC1(C)C(=O)OCCN1C(=O)c1cccs1. The molecule has 0 radical (unpaired) electrons. The van der Waals surface area contributed by atoms with Gasteiger partial charge in [-0.25, -0.2) is 4.79 Å². The zero-order valence-corrected chi connectivity index (χ0v) is 10.0. The third-order valence-corrected chi connectivity index (χ3v) is 3.56. The lowest BCUT2D eigenvalue weighted by Gasteiger charge is -2.39. The van der Waals surface area contributed by atoms with Gasteiger partial charge in [0.15, 0.2) is 0 Å². The molecule has 1 aliphatic rings. The van der Waals surface area contributed by atoms with Crippen LogP contribution < -0.4 is 0 Å². The molecule has 5 heteroatoms.